The van der Waals surface area contributed by atoms with Gasteiger partial charge in [0.1, 0.15) is 23.7 Å². The molecule has 2 aliphatic heterocycles. The van der Waals surface area contributed by atoms with Crippen LogP contribution in [0.2, 0.25) is 0 Å². The van der Waals surface area contributed by atoms with E-state index in [1.165, 1.54) is 11.1 Å². The lowest BCUT2D eigenvalue weighted by Crippen LogP contribution is -2.64. The van der Waals surface area contributed by atoms with Crippen LogP contribution in [-0.2, 0) is 18.4 Å². The minimum Gasteiger partial charge on any atom is -0.508 e. The quantitative estimate of drug-likeness (QED) is 0.607. The third kappa shape index (κ3) is 3.05. The van der Waals surface area contributed by atoms with Crippen molar-refractivity contribution >= 4 is 30.5 Å². The molecular weight excluding hydrogens is 435 g/mol. The highest BCUT2D eigenvalue weighted by atomic mass is 35.5. The molecule has 6 rings (SSSR count). The molecule has 0 radical (unpaired) electrons. The molecule has 5 nitrogen and oxygen atoms in total. The minimum atomic E-state index is -0.571. The van der Waals surface area contributed by atoms with E-state index in [1.54, 1.807) is 12.1 Å². The zero-order valence-corrected chi connectivity index (χ0v) is 19.0. The van der Waals surface area contributed by atoms with E-state index >= 15 is 0 Å². The Morgan fingerprint density at radius 3 is 2.68 bits per heavy atom. The Bertz CT molecular complexity index is 1010. The Balaban J connectivity index is 0.00000116. The lowest BCUT2D eigenvalue weighted by atomic mass is 9.53. The fourth-order valence-electron chi connectivity index (χ4n) is 6.20. The number of aliphatic hydroxyl groups is 1. The number of hydrogen-bond donors (Lipinski definition) is 3. The first-order valence-electron chi connectivity index (χ1n) is 10.5. The predicted octanol–water partition coefficient (Wildman–Crippen LogP) is 3.65. The van der Waals surface area contributed by atoms with Gasteiger partial charge in [0.15, 0.2) is 0 Å². The van der Waals surface area contributed by atoms with Crippen molar-refractivity contribution in [1.82, 2.24) is 4.90 Å². The molecule has 1 fully saturated rings. The number of phenolic OH excluding ortho intramolecular Hbond substituents is 1. The molecule has 0 amide bonds. The molecule has 1 saturated heterocycles. The molecule has 5 atom stereocenters. The first-order chi connectivity index (χ1) is 14.1. The van der Waals surface area contributed by atoms with Crippen molar-refractivity contribution in [3.8, 4) is 11.5 Å². The van der Waals surface area contributed by atoms with Gasteiger partial charge in [0.2, 0.25) is 0 Å². The maximum atomic E-state index is 10.8. The van der Waals surface area contributed by atoms with Gasteiger partial charge in [0.25, 0.3) is 0 Å². The fraction of sp³-hybridized carbons (Fsp3) is 0.417. The van der Waals surface area contributed by atoms with Crippen LogP contribution in [0.1, 0.15) is 23.1 Å². The second kappa shape index (κ2) is 7.89. The predicted molar refractivity (Wildman–Crippen MR) is 126 cm³/mol. The molecule has 2 heterocycles. The highest BCUT2D eigenvalue weighted by molar-refractivity contribution is 5.85. The minimum absolute atomic E-state index is 0. The molecular formula is C24H28Cl2N2O3. The normalized spacial score (nSPS) is 31.7. The Morgan fingerprint density at radius 2 is 1.90 bits per heavy atom. The molecule has 4 aliphatic rings. The molecule has 31 heavy (non-hydrogen) atoms. The summed E-state index contributed by atoms with van der Waals surface area (Å²) in [5, 5.41) is 23.8. The van der Waals surface area contributed by atoms with E-state index in [-0.39, 0.29) is 42.1 Å². The van der Waals surface area contributed by atoms with Crippen molar-refractivity contribution in [1.29, 1.82) is 0 Å². The number of ether oxygens (including phenoxy) is 1. The summed E-state index contributed by atoms with van der Waals surface area (Å²) in [6.07, 6.45) is 5.45. The number of nitrogens with zero attached hydrogens (tertiary/aromatic N) is 1. The molecule has 0 unspecified atom stereocenters. The molecule has 2 bridgehead atoms. The van der Waals surface area contributed by atoms with E-state index in [1.807, 2.05) is 18.2 Å². The van der Waals surface area contributed by atoms with Crippen LogP contribution in [0, 0.1) is 5.92 Å². The molecule has 1 spiro atoms. The van der Waals surface area contributed by atoms with Crippen LogP contribution in [0.3, 0.4) is 0 Å². The molecule has 3 N–H and O–H groups in total. The van der Waals surface area contributed by atoms with Crippen molar-refractivity contribution in [2.24, 2.45) is 5.92 Å². The van der Waals surface area contributed by atoms with Gasteiger partial charge < -0.3 is 25.2 Å². The van der Waals surface area contributed by atoms with Gasteiger partial charge in [-0.15, -0.1) is 24.8 Å². The third-order valence-electron chi connectivity index (χ3n) is 7.59. The average molecular weight is 463 g/mol. The Kier molecular flexibility index (Phi) is 5.67. The molecule has 166 valence electrons. The topological polar surface area (TPSA) is 65.0 Å². The molecule has 2 aromatic carbocycles. The van der Waals surface area contributed by atoms with Crippen molar-refractivity contribution in [3.63, 3.8) is 0 Å². The Morgan fingerprint density at radius 1 is 1.13 bits per heavy atom. The van der Waals surface area contributed by atoms with E-state index < -0.39 is 6.10 Å². The first kappa shape index (κ1) is 22.3. The van der Waals surface area contributed by atoms with Gasteiger partial charge in [-0.2, -0.15) is 0 Å². The number of piperidine rings is 1. The number of rotatable bonds is 3. The number of hydrogen-bond acceptors (Lipinski definition) is 5. The lowest BCUT2D eigenvalue weighted by molar-refractivity contribution is -0.0449. The molecule has 7 heteroatoms. The summed E-state index contributed by atoms with van der Waals surface area (Å²) in [6.45, 7) is 1.69. The van der Waals surface area contributed by atoms with Gasteiger partial charge in [0, 0.05) is 29.5 Å². The Labute approximate surface area is 194 Å². The Hall–Kier alpha value is -1.92. The number of halogens is 2. The summed E-state index contributed by atoms with van der Waals surface area (Å²) in [5.41, 5.74) is 4.66. The molecule has 0 aromatic heterocycles. The number of aliphatic hydroxyl groups excluding tert-OH is 1. The van der Waals surface area contributed by atoms with Crippen LogP contribution in [-0.4, -0.2) is 47.0 Å². The number of anilines is 1. The van der Waals surface area contributed by atoms with Gasteiger partial charge in [0.05, 0.1) is 5.69 Å². The SMILES string of the molecule is CN1CC[C@]23c4c5ccc(NCc6ccc(O)cc6)c4O[C@H]2[C@@H](O)C=C[C@H]3[C@H]1C5.Cl.Cl. The first-order valence-corrected chi connectivity index (χ1v) is 10.5. The van der Waals surface area contributed by atoms with Crippen LogP contribution in [0.15, 0.2) is 48.6 Å². The molecule has 2 aromatic rings. The lowest BCUT2D eigenvalue weighted by Gasteiger charge is -2.56. The largest absolute Gasteiger partial charge is 0.508 e. The van der Waals surface area contributed by atoms with Crippen molar-refractivity contribution in [3.05, 3.63) is 65.2 Å². The van der Waals surface area contributed by atoms with Crippen molar-refractivity contribution in [2.45, 2.75) is 43.1 Å². The van der Waals surface area contributed by atoms with Gasteiger partial charge in [-0.3, -0.25) is 0 Å². The highest BCUT2D eigenvalue weighted by Gasteiger charge is 2.64. The zero-order chi connectivity index (χ0) is 19.8. The third-order valence-corrected chi connectivity index (χ3v) is 7.59. The number of likely N-dealkylation sites (N-methyl/N-ethyl adjacent to an activating group) is 1. The summed E-state index contributed by atoms with van der Waals surface area (Å²) in [4.78, 5) is 2.48. The summed E-state index contributed by atoms with van der Waals surface area (Å²) in [5.74, 6) is 1.59. The number of aromatic hydroxyl groups is 1. The van der Waals surface area contributed by atoms with E-state index in [9.17, 15) is 10.2 Å². The highest BCUT2D eigenvalue weighted by Crippen LogP contribution is 2.62. The fourth-order valence-corrected chi connectivity index (χ4v) is 6.20. The van der Waals surface area contributed by atoms with Gasteiger partial charge in [-0.1, -0.05) is 30.4 Å². The van der Waals surface area contributed by atoms with Crippen molar-refractivity contribution < 1.29 is 14.9 Å². The summed E-state index contributed by atoms with van der Waals surface area (Å²) in [7, 11) is 2.22. The molecule has 0 saturated carbocycles. The monoisotopic (exact) mass is 462 g/mol. The van der Waals surface area contributed by atoms with E-state index in [0.29, 0.717) is 18.5 Å². The van der Waals surface area contributed by atoms with Crippen LogP contribution in [0.25, 0.3) is 0 Å². The van der Waals surface area contributed by atoms with Gasteiger partial charge in [-0.25, -0.2) is 0 Å². The van der Waals surface area contributed by atoms with E-state index in [2.05, 4.69) is 35.5 Å². The van der Waals surface area contributed by atoms with E-state index in [4.69, 9.17) is 4.74 Å². The summed E-state index contributed by atoms with van der Waals surface area (Å²) >= 11 is 0. The number of nitrogens with one attached hydrogen (secondary N) is 1. The summed E-state index contributed by atoms with van der Waals surface area (Å²) in [6, 6.07) is 12.1. The maximum absolute atomic E-state index is 10.8. The smallest absolute Gasteiger partial charge is 0.147 e. The van der Waals surface area contributed by atoms with E-state index in [0.717, 1.165) is 36.4 Å². The standard InChI is InChI=1S/C24H26N2O3.2ClH/c1-26-11-10-24-17-7-9-20(28)23(24)29-22-18(8-4-15(21(22)24)12-19(17)26)25-13-14-2-5-16(27)6-3-14;;/h2-9,17,19-20,23,25,27-28H,10-13H2,1H3;2*1H/t17-,19+,20-,23-,24-;;/m0../s1. The van der Waals surface area contributed by atoms with Crippen LogP contribution in [0.4, 0.5) is 5.69 Å². The van der Waals surface area contributed by atoms with Crippen LogP contribution >= 0.6 is 24.8 Å². The second-order valence-electron chi connectivity index (χ2n) is 8.98. The second-order valence-corrected chi connectivity index (χ2v) is 8.98. The summed E-state index contributed by atoms with van der Waals surface area (Å²) < 4.78 is 6.54. The molecule has 2 aliphatic carbocycles. The number of benzene rings is 2. The number of phenols is 1. The zero-order valence-electron chi connectivity index (χ0n) is 17.3. The van der Waals surface area contributed by atoms with Crippen LogP contribution < -0.4 is 10.1 Å². The number of likely N-dealkylation sites (tertiary alicyclic amines) is 1. The van der Waals surface area contributed by atoms with Crippen LogP contribution in [0.5, 0.6) is 11.5 Å². The van der Waals surface area contributed by atoms with Gasteiger partial charge >= 0.3 is 0 Å². The average Bonchev–Trinajstić information content (AvgIpc) is 3.08. The van der Waals surface area contributed by atoms with Crippen molar-refractivity contribution in [2.75, 3.05) is 18.9 Å². The maximum Gasteiger partial charge on any atom is 0.147 e. The van der Waals surface area contributed by atoms with Gasteiger partial charge in [-0.05, 0) is 55.8 Å².